The average Bonchev–Trinajstić information content (AvgIpc) is 1.90. The van der Waals surface area contributed by atoms with Gasteiger partial charge in [-0.05, 0) is 0 Å². The zero-order chi connectivity index (χ0) is 6.69. The molecule has 0 aromatic carbocycles. The van der Waals surface area contributed by atoms with Gasteiger partial charge < -0.3 is 0 Å². The van der Waals surface area contributed by atoms with Gasteiger partial charge in [0.2, 0.25) is 0 Å². The molecule has 0 aliphatic carbocycles. The summed E-state index contributed by atoms with van der Waals surface area (Å²) in [4.78, 5) is 10.2. The molecule has 0 unspecified atom stereocenters. The summed E-state index contributed by atoms with van der Waals surface area (Å²) in [6.45, 7) is 8.30. The number of carbonyl (C=O) groups is 1. The number of carboxylic acid groups (broad SMARTS) is 1. The van der Waals surface area contributed by atoms with Crippen molar-refractivity contribution in [3.8, 4) is 0 Å². The Bertz CT molecular complexity index is 209. The van der Waals surface area contributed by atoms with Crippen molar-refractivity contribution in [3.63, 3.8) is 0 Å². The summed E-state index contributed by atoms with van der Waals surface area (Å²) >= 11 is 0. The van der Waals surface area contributed by atoms with Crippen molar-refractivity contribution in [1.82, 2.24) is 0 Å². The standard InChI is InChI=1S/C2HB5O2/c8-2(9)1-3-5-7-6-4-1/h(H,8,9). The number of aromatic carboxylic acids is 1. The molecule has 2 nitrogen and oxygen atoms in total. The van der Waals surface area contributed by atoms with E-state index in [4.69, 9.17) is 5.11 Å². The topological polar surface area (TPSA) is 37.3 Å². The van der Waals surface area contributed by atoms with Crippen LogP contribution in [0.2, 0.25) is 0 Å². The molecule has 1 aromatic rings. The van der Waals surface area contributed by atoms with Crippen LogP contribution >= 0.6 is 0 Å². The Labute approximate surface area is 55.7 Å². The first kappa shape index (κ1) is 6.78. The molecule has 1 rings (SSSR count). The van der Waals surface area contributed by atoms with Crippen molar-refractivity contribution < 1.29 is 9.90 Å². The van der Waals surface area contributed by atoms with E-state index in [1.807, 2.05) is 0 Å². The third kappa shape index (κ3) is 1.81. The third-order valence-electron chi connectivity index (χ3n) is 1.02. The fourth-order valence-corrected chi connectivity index (χ4v) is 0.581. The van der Waals surface area contributed by atoms with Crippen molar-refractivity contribution in [2.24, 2.45) is 0 Å². The zero-order valence-electron chi connectivity index (χ0n) is 4.74. The van der Waals surface area contributed by atoms with Crippen LogP contribution in [0.4, 0.5) is 0 Å². The maximum absolute atomic E-state index is 10.2. The van der Waals surface area contributed by atoms with Gasteiger partial charge in [0.05, 0.1) is 0 Å². The Hall–Kier alpha value is -0.335. The van der Waals surface area contributed by atoms with Crippen LogP contribution in [0.5, 0.6) is 0 Å². The predicted molar refractivity (Wildman–Crippen MR) is 40.1 cm³/mol. The molecule has 1 heterocycles. The van der Waals surface area contributed by atoms with Crippen LogP contribution in [-0.4, -0.2) is 44.7 Å². The number of rotatable bonds is 1. The fourth-order valence-electron chi connectivity index (χ4n) is 0.581. The van der Waals surface area contributed by atoms with Gasteiger partial charge in [0.1, 0.15) is 0 Å². The molecular formula is C2HB5O2. The number of hydrogen-bond acceptors (Lipinski definition) is 1. The molecular weight excluding hydrogens is 110 g/mol. The van der Waals surface area contributed by atoms with Crippen LogP contribution in [0.15, 0.2) is 0 Å². The van der Waals surface area contributed by atoms with Gasteiger partial charge in [0.25, 0.3) is 0 Å². The van der Waals surface area contributed by atoms with Crippen molar-refractivity contribution in [2.75, 3.05) is 0 Å². The number of carboxylic acids is 1. The van der Waals surface area contributed by atoms with E-state index in [2.05, 4.69) is 0 Å². The summed E-state index contributed by atoms with van der Waals surface area (Å²) in [5.74, 6) is -0.879. The SMILES string of the molecule is O=C(O)c1bbbbb1. The molecule has 0 bridgehead atoms. The zero-order valence-corrected chi connectivity index (χ0v) is 4.74. The molecule has 0 atom stereocenters. The summed E-state index contributed by atoms with van der Waals surface area (Å²) in [6.07, 6.45) is 0. The predicted octanol–water partition coefficient (Wildman–Crippen LogP) is -1.92. The Kier molecular flexibility index (Phi) is 2.26. The molecule has 0 aliphatic rings. The van der Waals surface area contributed by atoms with E-state index in [9.17, 15) is 4.79 Å². The summed E-state index contributed by atoms with van der Waals surface area (Å²) in [6, 6.07) is 0. The average molecular weight is 111 g/mol. The van der Waals surface area contributed by atoms with E-state index < -0.39 is 5.97 Å². The second kappa shape index (κ2) is 2.99. The van der Waals surface area contributed by atoms with Crippen LogP contribution < -0.4 is 0 Å². The maximum atomic E-state index is 10.2. The minimum atomic E-state index is -0.879. The minimum absolute atomic E-state index is 0.331. The molecule has 0 amide bonds. The molecule has 36 valence electrons. The van der Waals surface area contributed by atoms with Crippen LogP contribution in [-0.2, 0) is 0 Å². The molecule has 0 fully saturated rings. The molecule has 0 aliphatic heterocycles. The van der Waals surface area contributed by atoms with Crippen LogP contribution in [0.3, 0.4) is 0 Å². The third-order valence-corrected chi connectivity index (χ3v) is 1.02. The van der Waals surface area contributed by atoms with E-state index in [0.29, 0.717) is 5.35 Å². The van der Waals surface area contributed by atoms with Gasteiger partial charge in [0, 0.05) is 0 Å². The van der Waals surface area contributed by atoms with Crippen LogP contribution in [0, 0.1) is 0 Å². The van der Waals surface area contributed by atoms with Crippen LogP contribution in [0.1, 0.15) is 10.1 Å². The molecule has 7 heteroatoms. The first-order valence-corrected chi connectivity index (χ1v) is 2.59. The van der Waals surface area contributed by atoms with Crippen LogP contribution in [0.25, 0.3) is 0 Å². The fraction of sp³-hybridized carbons (Fsp3) is 0. The van der Waals surface area contributed by atoms with Crippen molar-refractivity contribution >= 4 is 39.6 Å². The quantitative estimate of drug-likeness (QED) is 0.458. The van der Waals surface area contributed by atoms with E-state index in [-0.39, 0.29) is 0 Å². The molecule has 9 heavy (non-hydrogen) atoms. The van der Waals surface area contributed by atoms with Gasteiger partial charge in [-0.2, -0.15) is 0 Å². The molecule has 0 saturated heterocycles. The Morgan fingerprint density at radius 1 is 1.22 bits per heavy atom. The number of hydrogen-bond donors (Lipinski definition) is 1. The Morgan fingerprint density at radius 2 is 1.78 bits per heavy atom. The van der Waals surface area contributed by atoms with Crippen molar-refractivity contribution in [2.45, 2.75) is 0 Å². The molecule has 0 spiro atoms. The van der Waals surface area contributed by atoms with E-state index in [0.717, 1.165) is 0 Å². The van der Waals surface area contributed by atoms with E-state index >= 15 is 0 Å². The van der Waals surface area contributed by atoms with Gasteiger partial charge in [-0.1, -0.05) is 0 Å². The van der Waals surface area contributed by atoms with E-state index in [1.54, 1.807) is 33.6 Å². The summed E-state index contributed by atoms with van der Waals surface area (Å²) in [5, 5.41) is 8.72. The molecule has 1 aromatic heterocycles. The first-order chi connectivity index (χ1) is 4.30. The van der Waals surface area contributed by atoms with Crippen molar-refractivity contribution in [3.05, 3.63) is 5.35 Å². The van der Waals surface area contributed by atoms with Gasteiger partial charge in [-0.3, -0.25) is 0 Å². The molecule has 0 saturated carbocycles. The Morgan fingerprint density at radius 3 is 2.11 bits per heavy atom. The van der Waals surface area contributed by atoms with Gasteiger partial charge in [0.15, 0.2) is 0 Å². The normalized spacial score (nSPS) is 6.67. The van der Waals surface area contributed by atoms with Crippen molar-refractivity contribution in [1.29, 1.82) is 0 Å². The second-order valence-electron chi connectivity index (χ2n) is 1.67. The van der Waals surface area contributed by atoms with Gasteiger partial charge >= 0.3 is 54.9 Å². The van der Waals surface area contributed by atoms with Gasteiger partial charge in [-0.15, -0.1) is 0 Å². The second-order valence-corrected chi connectivity index (χ2v) is 1.67. The molecule has 0 radical (unpaired) electrons. The molecule has 1 N–H and O–H groups in total. The van der Waals surface area contributed by atoms with Gasteiger partial charge in [-0.25, -0.2) is 0 Å². The Balaban J connectivity index is 2.98. The summed E-state index contributed by atoms with van der Waals surface area (Å²) in [7, 11) is 0. The first-order valence-electron chi connectivity index (χ1n) is 2.59. The summed E-state index contributed by atoms with van der Waals surface area (Å²) < 4.78 is 0. The van der Waals surface area contributed by atoms with E-state index in [1.165, 1.54) is 0 Å². The summed E-state index contributed by atoms with van der Waals surface area (Å²) in [5.41, 5.74) is 0. The monoisotopic (exact) mass is 112 g/mol.